The van der Waals surface area contributed by atoms with Gasteiger partial charge in [0.05, 0.1) is 16.8 Å². The topological polar surface area (TPSA) is 67.4 Å². The first-order valence-electron chi connectivity index (χ1n) is 8.55. The average Bonchev–Trinajstić information content (AvgIpc) is 2.69. The number of halogens is 4. The van der Waals surface area contributed by atoms with Crippen molar-refractivity contribution in [3.05, 3.63) is 88.4 Å². The molecule has 3 aromatic rings. The highest BCUT2D eigenvalue weighted by atomic mass is 79.9. The maximum atomic E-state index is 12.7. The van der Waals surface area contributed by atoms with Crippen molar-refractivity contribution < 1.29 is 27.5 Å². The number of carbonyl (C=O) groups excluding carboxylic acids is 2. The third kappa shape index (κ3) is 5.60. The molecule has 0 fully saturated rings. The lowest BCUT2D eigenvalue weighted by atomic mass is 10.1. The second-order valence-corrected chi connectivity index (χ2v) is 6.86. The predicted octanol–water partition coefficient (Wildman–Crippen LogP) is 5.85. The molecule has 0 aliphatic rings. The van der Waals surface area contributed by atoms with E-state index in [1.54, 1.807) is 42.5 Å². The van der Waals surface area contributed by atoms with Crippen molar-refractivity contribution in [1.82, 2.24) is 0 Å². The molecular weight excluding hydrogens is 465 g/mol. The quantitative estimate of drug-likeness (QED) is 0.483. The molecule has 2 N–H and O–H groups in total. The number of hydrogen-bond donors (Lipinski definition) is 2. The van der Waals surface area contributed by atoms with Gasteiger partial charge in [0.25, 0.3) is 11.8 Å². The molecule has 0 saturated heterocycles. The molecule has 0 unspecified atom stereocenters. The minimum atomic E-state index is -4.80. The molecule has 5 nitrogen and oxygen atoms in total. The largest absolute Gasteiger partial charge is 0.573 e. The van der Waals surface area contributed by atoms with Gasteiger partial charge in [-0.2, -0.15) is 0 Å². The maximum Gasteiger partial charge on any atom is 0.573 e. The zero-order chi connectivity index (χ0) is 21.7. The van der Waals surface area contributed by atoms with E-state index in [1.165, 1.54) is 18.2 Å². The lowest BCUT2D eigenvalue weighted by molar-refractivity contribution is -0.274. The Bertz CT molecular complexity index is 1070. The van der Waals surface area contributed by atoms with E-state index in [9.17, 15) is 22.8 Å². The average molecular weight is 479 g/mol. The molecule has 3 aromatic carbocycles. The van der Waals surface area contributed by atoms with Gasteiger partial charge in [0.15, 0.2) is 0 Å². The Labute approximate surface area is 178 Å². The standard InChI is InChI=1S/C21H14BrF3N2O3/c22-17-7-3-1-5-15(17)19(28)27-18-8-4-2-6-16(18)20(29)26-13-9-11-14(12-10-13)30-21(23,24)25/h1-12H,(H,26,29)(H,27,28). The number of nitrogens with one attached hydrogen (secondary N) is 2. The molecule has 9 heteroatoms. The van der Waals surface area contributed by atoms with E-state index in [1.807, 2.05) is 0 Å². The second kappa shape index (κ2) is 9.00. The summed E-state index contributed by atoms with van der Waals surface area (Å²) in [5.74, 6) is -1.35. The first-order valence-corrected chi connectivity index (χ1v) is 9.34. The third-order valence-corrected chi connectivity index (χ3v) is 4.58. The smallest absolute Gasteiger partial charge is 0.406 e. The Morgan fingerprint density at radius 1 is 0.767 bits per heavy atom. The minimum absolute atomic E-state index is 0.188. The summed E-state index contributed by atoms with van der Waals surface area (Å²) in [5, 5.41) is 5.27. The summed E-state index contributed by atoms with van der Waals surface area (Å²) in [6.45, 7) is 0. The van der Waals surface area contributed by atoms with Crippen molar-refractivity contribution in [2.75, 3.05) is 10.6 Å². The van der Waals surface area contributed by atoms with Crippen LogP contribution >= 0.6 is 15.9 Å². The van der Waals surface area contributed by atoms with Crippen LogP contribution in [0.2, 0.25) is 0 Å². The van der Waals surface area contributed by atoms with E-state index < -0.39 is 23.9 Å². The first kappa shape index (κ1) is 21.4. The highest BCUT2D eigenvalue weighted by molar-refractivity contribution is 9.10. The van der Waals surface area contributed by atoms with Crippen molar-refractivity contribution >= 4 is 39.1 Å². The van der Waals surface area contributed by atoms with Crippen LogP contribution in [0.4, 0.5) is 24.5 Å². The summed E-state index contributed by atoms with van der Waals surface area (Å²) in [7, 11) is 0. The van der Waals surface area contributed by atoms with Crippen LogP contribution in [-0.2, 0) is 0 Å². The summed E-state index contributed by atoms with van der Waals surface area (Å²) in [6.07, 6.45) is -4.80. The van der Waals surface area contributed by atoms with E-state index >= 15 is 0 Å². The molecule has 0 atom stereocenters. The van der Waals surface area contributed by atoms with Crippen LogP contribution in [-0.4, -0.2) is 18.2 Å². The number of anilines is 2. The third-order valence-electron chi connectivity index (χ3n) is 3.88. The summed E-state index contributed by atoms with van der Waals surface area (Å²) < 4.78 is 41.1. The van der Waals surface area contributed by atoms with Gasteiger partial charge in [-0.05, 0) is 64.5 Å². The first-order chi connectivity index (χ1) is 14.2. The van der Waals surface area contributed by atoms with Gasteiger partial charge in [0.2, 0.25) is 0 Å². The number of para-hydroxylation sites is 1. The predicted molar refractivity (Wildman–Crippen MR) is 110 cm³/mol. The Kier molecular flexibility index (Phi) is 6.41. The van der Waals surface area contributed by atoms with Crippen molar-refractivity contribution in [3.63, 3.8) is 0 Å². The highest BCUT2D eigenvalue weighted by Gasteiger charge is 2.31. The fourth-order valence-electron chi connectivity index (χ4n) is 2.56. The fraction of sp³-hybridized carbons (Fsp3) is 0.0476. The van der Waals surface area contributed by atoms with Gasteiger partial charge in [0.1, 0.15) is 5.75 Å². The molecule has 154 valence electrons. The molecule has 2 amide bonds. The Balaban J connectivity index is 1.74. The van der Waals surface area contributed by atoms with Crippen LogP contribution in [0.3, 0.4) is 0 Å². The second-order valence-electron chi connectivity index (χ2n) is 6.01. The summed E-state index contributed by atoms with van der Waals surface area (Å²) in [5.41, 5.74) is 1.13. The Morgan fingerprint density at radius 3 is 1.97 bits per heavy atom. The summed E-state index contributed by atoms with van der Waals surface area (Å²) in [6, 6.07) is 18.0. The minimum Gasteiger partial charge on any atom is -0.406 e. The van der Waals surface area contributed by atoms with Crippen LogP contribution in [0, 0.1) is 0 Å². The van der Waals surface area contributed by atoms with E-state index in [2.05, 4.69) is 31.3 Å². The van der Waals surface area contributed by atoms with Crippen LogP contribution in [0.5, 0.6) is 5.75 Å². The van der Waals surface area contributed by atoms with Gasteiger partial charge in [-0.15, -0.1) is 13.2 Å². The van der Waals surface area contributed by atoms with Crippen LogP contribution < -0.4 is 15.4 Å². The van der Waals surface area contributed by atoms with Crippen molar-refractivity contribution in [2.24, 2.45) is 0 Å². The molecule has 0 heterocycles. The lowest BCUT2D eigenvalue weighted by Gasteiger charge is -2.13. The molecule has 0 aliphatic heterocycles. The van der Waals surface area contributed by atoms with Crippen molar-refractivity contribution in [1.29, 1.82) is 0 Å². The maximum absolute atomic E-state index is 12.7. The van der Waals surface area contributed by atoms with Crippen LogP contribution in [0.25, 0.3) is 0 Å². The van der Waals surface area contributed by atoms with Crippen LogP contribution in [0.15, 0.2) is 77.3 Å². The molecular formula is C21H14BrF3N2O3. The van der Waals surface area contributed by atoms with Gasteiger partial charge >= 0.3 is 6.36 Å². The summed E-state index contributed by atoms with van der Waals surface area (Å²) >= 11 is 3.31. The number of hydrogen-bond acceptors (Lipinski definition) is 3. The van der Waals surface area contributed by atoms with Crippen molar-refractivity contribution in [3.8, 4) is 5.75 Å². The number of rotatable bonds is 5. The van der Waals surface area contributed by atoms with Gasteiger partial charge in [-0.1, -0.05) is 24.3 Å². The zero-order valence-corrected chi connectivity index (χ0v) is 16.8. The number of carbonyl (C=O) groups is 2. The molecule has 0 bridgehead atoms. The normalized spacial score (nSPS) is 10.9. The number of benzene rings is 3. The molecule has 0 spiro atoms. The SMILES string of the molecule is O=C(Nc1ccccc1C(=O)Nc1ccc(OC(F)(F)F)cc1)c1ccccc1Br. The number of ether oxygens (including phenoxy) is 1. The van der Waals surface area contributed by atoms with Crippen molar-refractivity contribution in [2.45, 2.75) is 6.36 Å². The molecule has 0 radical (unpaired) electrons. The number of alkyl halides is 3. The van der Waals surface area contributed by atoms with Gasteiger partial charge in [-0.25, -0.2) is 0 Å². The van der Waals surface area contributed by atoms with E-state index in [0.717, 1.165) is 12.1 Å². The van der Waals surface area contributed by atoms with Gasteiger partial charge in [0, 0.05) is 10.2 Å². The molecule has 0 saturated carbocycles. The Hall–Kier alpha value is -3.33. The molecule has 3 rings (SSSR count). The number of amides is 2. The highest BCUT2D eigenvalue weighted by Crippen LogP contribution is 2.25. The van der Waals surface area contributed by atoms with Gasteiger partial charge in [-0.3, -0.25) is 9.59 Å². The van der Waals surface area contributed by atoms with E-state index in [4.69, 9.17) is 0 Å². The Morgan fingerprint density at radius 2 is 1.33 bits per heavy atom. The zero-order valence-electron chi connectivity index (χ0n) is 15.2. The van der Waals surface area contributed by atoms with E-state index in [-0.39, 0.29) is 16.9 Å². The van der Waals surface area contributed by atoms with E-state index in [0.29, 0.717) is 10.0 Å². The monoisotopic (exact) mass is 478 g/mol. The van der Waals surface area contributed by atoms with Gasteiger partial charge < -0.3 is 15.4 Å². The van der Waals surface area contributed by atoms with Crippen LogP contribution in [0.1, 0.15) is 20.7 Å². The fourth-order valence-corrected chi connectivity index (χ4v) is 3.03. The molecule has 0 aromatic heterocycles. The molecule has 0 aliphatic carbocycles. The lowest BCUT2D eigenvalue weighted by Crippen LogP contribution is -2.19. The summed E-state index contributed by atoms with van der Waals surface area (Å²) in [4.78, 5) is 25.2. The molecule has 30 heavy (non-hydrogen) atoms.